The Morgan fingerprint density at radius 3 is 2.25 bits per heavy atom. The molecule has 0 saturated carbocycles. The summed E-state index contributed by atoms with van der Waals surface area (Å²) >= 11 is 0. The maximum absolute atomic E-state index is 11.6. The minimum absolute atomic E-state index is 0.374. The number of anilines is 1. The normalized spacial score (nSPS) is 9.88. The lowest BCUT2D eigenvalue weighted by atomic mass is 10.1. The summed E-state index contributed by atoms with van der Waals surface area (Å²) in [6.45, 7) is 5.54. The number of rotatable bonds is 5. The summed E-state index contributed by atoms with van der Waals surface area (Å²) in [5.41, 5.74) is 6.15. The van der Waals surface area contributed by atoms with Gasteiger partial charge in [0.1, 0.15) is 0 Å². The van der Waals surface area contributed by atoms with E-state index in [9.17, 15) is 9.59 Å². The molecule has 0 unspecified atom stereocenters. The average molecular weight is 220 g/mol. The predicted molar refractivity (Wildman–Crippen MR) is 63.5 cm³/mol. The van der Waals surface area contributed by atoms with Crippen molar-refractivity contribution in [2.45, 2.75) is 13.8 Å². The highest BCUT2D eigenvalue weighted by Crippen LogP contribution is 2.20. The van der Waals surface area contributed by atoms with Gasteiger partial charge in [-0.15, -0.1) is 0 Å². The highest BCUT2D eigenvalue weighted by atomic mass is 16.2. The third-order valence-corrected chi connectivity index (χ3v) is 2.48. The molecule has 1 aromatic carbocycles. The molecule has 1 amide bonds. The van der Waals surface area contributed by atoms with Crippen molar-refractivity contribution < 1.29 is 9.59 Å². The molecule has 2 N–H and O–H groups in total. The van der Waals surface area contributed by atoms with E-state index in [1.54, 1.807) is 12.1 Å². The summed E-state index contributed by atoms with van der Waals surface area (Å²) in [5, 5.41) is 0. The second-order valence-electron chi connectivity index (χ2n) is 3.38. The smallest absolute Gasteiger partial charge is 0.289 e. The van der Waals surface area contributed by atoms with Crippen LogP contribution < -0.4 is 10.6 Å². The highest BCUT2D eigenvalue weighted by Gasteiger charge is 2.18. The summed E-state index contributed by atoms with van der Waals surface area (Å²) in [7, 11) is 0. The molecular weight excluding hydrogens is 204 g/mol. The van der Waals surface area contributed by atoms with Crippen LogP contribution in [0, 0.1) is 0 Å². The number of Topliss-reactive ketones (excluding diaryl/α,β-unsaturated/α-hetero) is 1. The highest BCUT2D eigenvalue weighted by molar-refractivity contribution is 6.43. The number of amides is 1. The van der Waals surface area contributed by atoms with E-state index >= 15 is 0 Å². The van der Waals surface area contributed by atoms with E-state index in [0.29, 0.717) is 5.56 Å². The number of carbonyl (C=O) groups excluding carboxylic acids is 2. The molecule has 1 rings (SSSR count). The standard InChI is InChI=1S/C12H16N2O2/c1-3-14(4-2)10-8-6-5-7-9(10)11(15)12(13)16/h5-8H,3-4H2,1-2H3,(H2,13,16). The maximum atomic E-state index is 11.6. The van der Waals surface area contributed by atoms with E-state index < -0.39 is 11.7 Å². The second-order valence-corrected chi connectivity index (χ2v) is 3.38. The van der Waals surface area contributed by atoms with Gasteiger partial charge in [-0.2, -0.15) is 0 Å². The first-order valence-corrected chi connectivity index (χ1v) is 5.29. The van der Waals surface area contributed by atoms with Gasteiger partial charge in [0.05, 0.1) is 5.56 Å². The van der Waals surface area contributed by atoms with Gasteiger partial charge in [0, 0.05) is 18.8 Å². The van der Waals surface area contributed by atoms with Crippen LogP contribution in [0.3, 0.4) is 0 Å². The summed E-state index contributed by atoms with van der Waals surface area (Å²) < 4.78 is 0. The number of hydrogen-bond donors (Lipinski definition) is 1. The molecule has 0 radical (unpaired) electrons. The molecule has 0 fully saturated rings. The number of para-hydroxylation sites is 1. The quantitative estimate of drug-likeness (QED) is 0.599. The molecule has 16 heavy (non-hydrogen) atoms. The fraction of sp³-hybridized carbons (Fsp3) is 0.333. The Bertz CT molecular complexity index is 398. The summed E-state index contributed by atoms with van der Waals surface area (Å²) in [4.78, 5) is 24.5. The molecule has 0 saturated heterocycles. The summed E-state index contributed by atoms with van der Waals surface area (Å²) in [6, 6.07) is 7.01. The number of ketones is 1. The molecule has 0 heterocycles. The lowest BCUT2D eigenvalue weighted by Crippen LogP contribution is -2.28. The minimum Gasteiger partial charge on any atom is -0.371 e. The maximum Gasteiger partial charge on any atom is 0.289 e. The zero-order valence-corrected chi connectivity index (χ0v) is 9.56. The van der Waals surface area contributed by atoms with Crippen molar-refractivity contribution in [3.8, 4) is 0 Å². The van der Waals surface area contributed by atoms with E-state index in [-0.39, 0.29) is 0 Å². The van der Waals surface area contributed by atoms with Crippen LogP contribution in [0.25, 0.3) is 0 Å². The van der Waals surface area contributed by atoms with E-state index in [1.165, 1.54) is 0 Å². The first kappa shape index (κ1) is 12.2. The number of carbonyl (C=O) groups is 2. The van der Waals surface area contributed by atoms with Crippen molar-refractivity contribution >= 4 is 17.4 Å². The van der Waals surface area contributed by atoms with Crippen molar-refractivity contribution in [3.05, 3.63) is 29.8 Å². The van der Waals surface area contributed by atoms with Gasteiger partial charge in [-0.05, 0) is 26.0 Å². The topological polar surface area (TPSA) is 63.4 Å². The Kier molecular flexibility index (Phi) is 4.05. The van der Waals surface area contributed by atoms with Crippen molar-refractivity contribution in [2.24, 2.45) is 5.73 Å². The minimum atomic E-state index is -0.917. The van der Waals surface area contributed by atoms with Crippen LogP contribution >= 0.6 is 0 Å². The Hall–Kier alpha value is -1.84. The van der Waals surface area contributed by atoms with Crippen molar-refractivity contribution in [1.29, 1.82) is 0 Å². The molecule has 0 aliphatic heterocycles. The molecule has 0 aliphatic rings. The molecule has 4 heteroatoms. The van der Waals surface area contributed by atoms with Gasteiger partial charge in [0.15, 0.2) is 0 Å². The van der Waals surface area contributed by atoms with Gasteiger partial charge >= 0.3 is 0 Å². The molecule has 4 nitrogen and oxygen atoms in total. The predicted octanol–water partition coefficient (Wildman–Crippen LogP) is 1.20. The summed E-state index contributed by atoms with van der Waals surface area (Å²) in [5.74, 6) is -1.55. The fourth-order valence-corrected chi connectivity index (χ4v) is 1.64. The molecule has 0 atom stereocenters. The lowest BCUT2D eigenvalue weighted by molar-refractivity contribution is -0.114. The molecule has 0 aliphatic carbocycles. The van der Waals surface area contributed by atoms with Gasteiger partial charge in [0.25, 0.3) is 11.7 Å². The first-order chi connectivity index (χ1) is 7.61. The summed E-state index contributed by atoms with van der Waals surface area (Å²) in [6.07, 6.45) is 0. The van der Waals surface area contributed by atoms with E-state index in [1.807, 2.05) is 30.9 Å². The fourth-order valence-electron chi connectivity index (χ4n) is 1.64. The van der Waals surface area contributed by atoms with Crippen LogP contribution in [-0.2, 0) is 4.79 Å². The average Bonchev–Trinajstić information content (AvgIpc) is 2.30. The van der Waals surface area contributed by atoms with Crippen LogP contribution in [-0.4, -0.2) is 24.8 Å². The van der Waals surface area contributed by atoms with Crippen LogP contribution in [0.5, 0.6) is 0 Å². The monoisotopic (exact) mass is 220 g/mol. The zero-order valence-electron chi connectivity index (χ0n) is 9.56. The number of benzene rings is 1. The van der Waals surface area contributed by atoms with Gasteiger partial charge in [-0.3, -0.25) is 9.59 Å². The van der Waals surface area contributed by atoms with Gasteiger partial charge < -0.3 is 10.6 Å². The van der Waals surface area contributed by atoms with Crippen molar-refractivity contribution in [1.82, 2.24) is 0 Å². The number of primary amides is 1. The van der Waals surface area contributed by atoms with Gasteiger partial charge in [-0.25, -0.2) is 0 Å². The molecule has 86 valence electrons. The van der Waals surface area contributed by atoms with E-state index in [0.717, 1.165) is 18.8 Å². The van der Waals surface area contributed by atoms with Crippen LogP contribution in [0.4, 0.5) is 5.69 Å². The largest absolute Gasteiger partial charge is 0.371 e. The van der Waals surface area contributed by atoms with Crippen molar-refractivity contribution in [3.63, 3.8) is 0 Å². The molecule has 1 aromatic rings. The van der Waals surface area contributed by atoms with Crippen LogP contribution in [0.1, 0.15) is 24.2 Å². The van der Waals surface area contributed by atoms with Crippen molar-refractivity contribution in [2.75, 3.05) is 18.0 Å². The Labute approximate surface area is 95.0 Å². The van der Waals surface area contributed by atoms with Crippen LogP contribution in [0.15, 0.2) is 24.3 Å². The number of hydrogen-bond acceptors (Lipinski definition) is 3. The zero-order chi connectivity index (χ0) is 12.1. The van der Waals surface area contributed by atoms with Gasteiger partial charge in [-0.1, -0.05) is 12.1 Å². The lowest BCUT2D eigenvalue weighted by Gasteiger charge is -2.23. The second kappa shape index (κ2) is 5.30. The third-order valence-electron chi connectivity index (χ3n) is 2.48. The van der Waals surface area contributed by atoms with E-state index in [4.69, 9.17) is 5.73 Å². The Morgan fingerprint density at radius 2 is 1.75 bits per heavy atom. The molecule has 0 spiro atoms. The third kappa shape index (κ3) is 2.39. The number of nitrogens with zero attached hydrogens (tertiary/aromatic N) is 1. The van der Waals surface area contributed by atoms with Crippen LogP contribution in [0.2, 0.25) is 0 Å². The molecule has 0 bridgehead atoms. The Balaban J connectivity index is 3.19. The molecular formula is C12H16N2O2. The van der Waals surface area contributed by atoms with Gasteiger partial charge in [0.2, 0.25) is 0 Å². The first-order valence-electron chi connectivity index (χ1n) is 5.29. The SMILES string of the molecule is CCN(CC)c1ccccc1C(=O)C(N)=O. The number of nitrogens with two attached hydrogens (primary N) is 1. The molecule has 0 aromatic heterocycles. The Morgan fingerprint density at radius 1 is 1.19 bits per heavy atom. The van der Waals surface area contributed by atoms with E-state index in [2.05, 4.69) is 0 Å².